The van der Waals surface area contributed by atoms with Crippen LogP contribution in [0.2, 0.25) is 5.02 Å². The zero-order valence-corrected chi connectivity index (χ0v) is 21.3. The molecule has 3 aromatic carbocycles. The Hall–Kier alpha value is -2.60. The highest BCUT2D eigenvalue weighted by Gasteiger charge is 2.45. The highest BCUT2D eigenvalue weighted by atomic mass is 35.5. The Morgan fingerprint density at radius 3 is 2.54 bits per heavy atom. The Balaban J connectivity index is 1.58. The number of hydrogen-bond acceptors (Lipinski definition) is 4. The summed E-state index contributed by atoms with van der Waals surface area (Å²) in [4.78, 5) is 0. The van der Waals surface area contributed by atoms with Crippen LogP contribution in [0, 0.1) is 5.82 Å². The predicted molar refractivity (Wildman–Crippen MR) is 139 cm³/mol. The lowest BCUT2D eigenvalue weighted by molar-refractivity contribution is -0.167. The fourth-order valence-corrected chi connectivity index (χ4v) is 4.45. The number of unbranched alkanes of at least 4 members (excludes halogenated alkanes) is 1. The van der Waals surface area contributed by atoms with Crippen molar-refractivity contribution in [2.45, 2.75) is 64.6 Å². The van der Waals surface area contributed by atoms with Crippen molar-refractivity contribution in [1.82, 2.24) is 0 Å². The summed E-state index contributed by atoms with van der Waals surface area (Å²) < 4.78 is 32.5. The van der Waals surface area contributed by atoms with Crippen LogP contribution in [-0.4, -0.2) is 18.3 Å². The minimum absolute atomic E-state index is 0.239. The van der Waals surface area contributed by atoms with Gasteiger partial charge in [0.05, 0.1) is 6.61 Å². The molecule has 0 radical (unpaired) electrons. The molecule has 1 aliphatic rings. The van der Waals surface area contributed by atoms with Gasteiger partial charge in [0, 0.05) is 29.4 Å². The van der Waals surface area contributed by atoms with Crippen molar-refractivity contribution in [3.63, 3.8) is 0 Å². The Bertz CT molecular complexity index is 1120. The molecule has 1 aliphatic heterocycles. The summed E-state index contributed by atoms with van der Waals surface area (Å²) >= 11 is 6.38. The van der Waals surface area contributed by atoms with Gasteiger partial charge in [0.15, 0.2) is 0 Å². The zero-order valence-electron chi connectivity index (χ0n) is 20.5. The van der Waals surface area contributed by atoms with Crippen molar-refractivity contribution >= 4 is 17.3 Å². The molecular formula is C29H33ClFNO3. The molecule has 186 valence electrons. The first-order valence-corrected chi connectivity index (χ1v) is 12.5. The van der Waals surface area contributed by atoms with Crippen LogP contribution in [-0.2, 0) is 22.6 Å². The van der Waals surface area contributed by atoms with E-state index in [9.17, 15) is 4.39 Å². The molecule has 35 heavy (non-hydrogen) atoms. The highest BCUT2D eigenvalue weighted by molar-refractivity contribution is 6.31. The molecule has 0 saturated carbocycles. The van der Waals surface area contributed by atoms with Gasteiger partial charge in [-0.15, -0.1) is 0 Å². The molecule has 1 heterocycles. The van der Waals surface area contributed by atoms with Gasteiger partial charge in [0.2, 0.25) is 0 Å². The van der Waals surface area contributed by atoms with Gasteiger partial charge in [-0.05, 0) is 67.8 Å². The summed E-state index contributed by atoms with van der Waals surface area (Å²) in [7, 11) is 0. The average Bonchev–Trinajstić information content (AvgIpc) is 2.84. The van der Waals surface area contributed by atoms with Gasteiger partial charge >= 0.3 is 0 Å². The maximum atomic E-state index is 13.2. The molecule has 4 nitrogen and oxygen atoms in total. The van der Waals surface area contributed by atoms with Gasteiger partial charge in [-0.1, -0.05) is 55.3 Å². The van der Waals surface area contributed by atoms with Gasteiger partial charge in [-0.2, -0.15) is 0 Å². The topological polar surface area (TPSA) is 39.7 Å². The second-order valence-electron chi connectivity index (χ2n) is 9.41. The zero-order chi connectivity index (χ0) is 24.8. The smallest absolute Gasteiger partial charge is 0.132 e. The molecule has 0 fully saturated rings. The monoisotopic (exact) mass is 497 g/mol. The summed E-state index contributed by atoms with van der Waals surface area (Å²) in [5.41, 5.74) is 3.21. The van der Waals surface area contributed by atoms with Crippen molar-refractivity contribution in [3.8, 4) is 5.75 Å². The normalized spacial score (nSPS) is 18.5. The number of rotatable bonds is 10. The minimum atomic E-state index is -0.603. The molecule has 2 atom stereocenters. The first kappa shape index (κ1) is 25.5. The Kier molecular flexibility index (Phi) is 8.32. The molecule has 0 aliphatic carbocycles. The van der Waals surface area contributed by atoms with E-state index in [2.05, 4.69) is 18.3 Å². The molecule has 0 bridgehead atoms. The third-order valence-corrected chi connectivity index (χ3v) is 6.60. The van der Waals surface area contributed by atoms with E-state index < -0.39 is 5.60 Å². The van der Waals surface area contributed by atoms with Crippen LogP contribution < -0.4 is 10.1 Å². The summed E-state index contributed by atoms with van der Waals surface area (Å²) in [6.07, 6.45) is 1.38. The van der Waals surface area contributed by atoms with E-state index in [4.69, 9.17) is 25.8 Å². The second-order valence-corrected chi connectivity index (χ2v) is 9.81. The number of benzene rings is 3. The molecular weight excluding hydrogens is 465 g/mol. The van der Waals surface area contributed by atoms with E-state index in [-0.39, 0.29) is 18.0 Å². The molecule has 0 aromatic heterocycles. The van der Waals surface area contributed by atoms with Crippen molar-refractivity contribution in [2.24, 2.45) is 0 Å². The maximum Gasteiger partial charge on any atom is 0.132 e. The van der Waals surface area contributed by atoms with Crippen molar-refractivity contribution in [2.75, 3.05) is 11.9 Å². The first-order valence-electron chi connectivity index (χ1n) is 12.2. The predicted octanol–water partition coefficient (Wildman–Crippen LogP) is 7.71. The van der Waals surface area contributed by atoms with E-state index in [0.29, 0.717) is 24.8 Å². The third kappa shape index (κ3) is 6.35. The maximum absolute atomic E-state index is 13.2. The average molecular weight is 498 g/mol. The lowest BCUT2D eigenvalue weighted by atomic mass is 9.87. The van der Waals surface area contributed by atoms with Crippen LogP contribution in [0.4, 0.5) is 10.1 Å². The van der Waals surface area contributed by atoms with Crippen LogP contribution in [0.3, 0.4) is 0 Å². The number of anilines is 1. The van der Waals surface area contributed by atoms with E-state index in [0.717, 1.165) is 41.0 Å². The van der Waals surface area contributed by atoms with Gasteiger partial charge in [0.25, 0.3) is 0 Å². The quantitative estimate of drug-likeness (QED) is 0.291. The summed E-state index contributed by atoms with van der Waals surface area (Å²) in [5, 5.41) is 4.11. The fourth-order valence-electron chi connectivity index (χ4n) is 4.26. The van der Waals surface area contributed by atoms with Crippen LogP contribution in [0.5, 0.6) is 5.75 Å². The number of ether oxygens (including phenoxy) is 3. The van der Waals surface area contributed by atoms with E-state index in [1.54, 1.807) is 12.1 Å². The molecule has 0 saturated heterocycles. The van der Waals surface area contributed by atoms with Crippen molar-refractivity contribution in [3.05, 3.63) is 94.3 Å². The minimum Gasteiger partial charge on any atom is -0.485 e. The first-order chi connectivity index (χ1) is 16.9. The van der Waals surface area contributed by atoms with Gasteiger partial charge in [0.1, 0.15) is 29.4 Å². The number of hydrogen-bond donors (Lipinski definition) is 1. The summed E-state index contributed by atoms with van der Waals surface area (Å²) in [6.45, 7) is 7.79. The Morgan fingerprint density at radius 2 is 1.80 bits per heavy atom. The van der Waals surface area contributed by atoms with Crippen molar-refractivity contribution in [1.29, 1.82) is 0 Å². The van der Waals surface area contributed by atoms with Gasteiger partial charge in [-0.3, -0.25) is 0 Å². The lowest BCUT2D eigenvalue weighted by Crippen LogP contribution is -2.51. The third-order valence-electron chi connectivity index (χ3n) is 6.23. The molecule has 0 spiro atoms. The fraction of sp³-hybridized carbons (Fsp3) is 0.379. The number of halogens is 2. The molecule has 2 unspecified atom stereocenters. The van der Waals surface area contributed by atoms with E-state index in [1.165, 1.54) is 12.1 Å². The standard InChI is InChI=1S/C29H33ClFNO3/c1-4-5-16-33-27-24-17-23(32-18-20-10-12-22(31)13-11-20)14-15-26(24)35-29(2,3)28(27)34-19-21-8-6-7-9-25(21)30/h6-15,17,27-28,32H,4-5,16,18-19H2,1-3H3. The molecule has 0 amide bonds. The van der Waals surface area contributed by atoms with Crippen LogP contribution in [0.1, 0.15) is 56.4 Å². The van der Waals surface area contributed by atoms with Gasteiger partial charge < -0.3 is 19.5 Å². The largest absolute Gasteiger partial charge is 0.485 e. The highest BCUT2D eigenvalue weighted by Crippen LogP contribution is 2.45. The Morgan fingerprint density at radius 1 is 1.03 bits per heavy atom. The number of fused-ring (bicyclic) bond motifs is 1. The van der Waals surface area contributed by atoms with Gasteiger partial charge in [-0.25, -0.2) is 4.39 Å². The lowest BCUT2D eigenvalue weighted by Gasteiger charge is -2.44. The van der Waals surface area contributed by atoms with Crippen LogP contribution >= 0.6 is 11.6 Å². The molecule has 6 heteroatoms. The van der Waals surface area contributed by atoms with E-state index in [1.807, 2.05) is 50.2 Å². The second kappa shape index (κ2) is 11.4. The van der Waals surface area contributed by atoms with Crippen molar-refractivity contribution < 1.29 is 18.6 Å². The molecule has 1 N–H and O–H groups in total. The SMILES string of the molecule is CCCCOC1c2cc(NCc3ccc(F)cc3)ccc2OC(C)(C)C1OCc1ccccc1Cl. The van der Waals surface area contributed by atoms with Crippen LogP contribution in [0.25, 0.3) is 0 Å². The summed E-state index contributed by atoms with van der Waals surface area (Å²) in [5.74, 6) is 0.554. The number of nitrogens with one attached hydrogen (secondary N) is 1. The Labute approximate surface area is 212 Å². The molecule has 3 aromatic rings. The van der Waals surface area contributed by atoms with E-state index >= 15 is 0 Å². The molecule has 4 rings (SSSR count). The van der Waals surface area contributed by atoms with Crippen LogP contribution in [0.15, 0.2) is 66.7 Å². The summed E-state index contributed by atoms with van der Waals surface area (Å²) in [6, 6.07) is 20.2.